The van der Waals surface area contributed by atoms with Crippen molar-refractivity contribution in [1.82, 2.24) is 15.6 Å². The van der Waals surface area contributed by atoms with Crippen LogP contribution < -0.4 is 10.6 Å². The van der Waals surface area contributed by atoms with E-state index < -0.39 is 0 Å². The predicted octanol–water partition coefficient (Wildman–Crippen LogP) is 1.75. The largest absolute Gasteiger partial charge is 0.383 e. The molecule has 0 radical (unpaired) electrons. The fourth-order valence-corrected chi connectivity index (χ4v) is 2.87. The van der Waals surface area contributed by atoms with Crippen molar-refractivity contribution in [3.63, 3.8) is 0 Å². The van der Waals surface area contributed by atoms with Gasteiger partial charge in [-0.1, -0.05) is 11.6 Å². The van der Waals surface area contributed by atoms with E-state index in [2.05, 4.69) is 31.5 Å². The first kappa shape index (κ1) is 13.2. The highest BCUT2D eigenvalue weighted by Crippen LogP contribution is 2.24. The van der Waals surface area contributed by atoms with E-state index in [1.165, 1.54) is 0 Å². The molecule has 2 heterocycles. The van der Waals surface area contributed by atoms with Crippen LogP contribution in [0, 0.1) is 0 Å². The highest BCUT2D eigenvalue weighted by molar-refractivity contribution is 9.10. The third kappa shape index (κ3) is 3.39. The van der Waals surface area contributed by atoms with Gasteiger partial charge in [0.2, 0.25) is 0 Å². The number of pyridine rings is 1. The van der Waals surface area contributed by atoms with Gasteiger partial charge in [0.15, 0.2) is 0 Å². The molecule has 0 spiro atoms. The van der Waals surface area contributed by atoms with E-state index in [4.69, 9.17) is 16.3 Å². The normalized spacial score (nSPS) is 24.9. The SMILES string of the molecule is COCC1NCCNC1c1cc(Cl)nc(Br)c1. The van der Waals surface area contributed by atoms with Crippen molar-refractivity contribution in [2.75, 3.05) is 26.8 Å². The van der Waals surface area contributed by atoms with E-state index in [-0.39, 0.29) is 12.1 Å². The second-order valence-corrected chi connectivity index (χ2v) is 5.19. The summed E-state index contributed by atoms with van der Waals surface area (Å²) in [5.41, 5.74) is 1.12. The van der Waals surface area contributed by atoms with E-state index in [1.807, 2.05) is 12.1 Å². The third-order valence-electron chi connectivity index (χ3n) is 2.79. The number of piperazine rings is 1. The second kappa shape index (κ2) is 6.11. The zero-order chi connectivity index (χ0) is 12.3. The first-order chi connectivity index (χ1) is 8.20. The molecule has 1 saturated heterocycles. The minimum Gasteiger partial charge on any atom is -0.383 e. The number of nitrogens with zero attached hydrogens (tertiary/aromatic N) is 1. The molecular formula is C11H15BrClN3O. The summed E-state index contributed by atoms with van der Waals surface area (Å²) >= 11 is 9.34. The topological polar surface area (TPSA) is 46.2 Å². The maximum absolute atomic E-state index is 5.97. The standard InChI is InChI=1S/C11H15BrClN3O/c1-17-6-8-11(15-3-2-14-8)7-4-9(12)16-10(13)5-7/h4-5,8,11,14-15H,2-3,6H2,1H3. The average Bonchev–Trinajstić information content (AvgIpc) is 2.29. The summed E-state index contributed by atoms with van der Waals surface area (Å²) in [6.07, 6.45) is 0. The van der Waals surface area contributed by atoms with Crippen molar-refractivity contribution in [2.24, 2.45) is 0 Å². The Bertz CT molecular complexity index is 369. The van der Waals surface area contributed by atoms with Gasteiger partial charge in [-0.2, -0.15) is 0 Å². The van der Waals surface area contributed by atoms with Gasteiger partial charge in [0.05, 0.1) is 12.6 Å². The first-order valence-corrected chi connectivity index (χ1v) is 6.66. The van der Waals surface area contributed by atoms with Gasteiger partial charge >= 0.3 is 0 Å². The van der Waals surface area contributed by atoms with E-state index in [9.17, 15) is 0 Å². The number of hydrogen-bond donors (Lipinski definition) is 2. The molecule has 17 heavy (non-hydrogen) atoms. The zero-order valence-corrected chi connectivity index (χ0v) is 11.9. The molecule has 6 heteroatoms. The number of rotatable bonds is 3. The van der Waals surface area contributed by atoms with Gasteiger partial charge in [0.1, 0.15) is 9.76 Å². The predicted molar refractivity (Wildman–Crippen MR) is 71.4 cm³/mol. The zero-order valence-electron chi connectivity index (χ0n) is 9.54. The van der Waals surface area contributed by atoms with E-state index >= 15 is 0 Å². The molecule has 1 aromatic heterocycles. The van der Waals surface area contributed by atoms with Gasteiger partial charge in [-0.3, -0.25) is 0 Å². The molecule has 0 saturated carbocycles. The van der Waals surface area contributed by atoms with Crippen LogP contribution in [0.15, 0.2) is 16.7 Å². The molecular weight excluding hydrogens is 305 g/mol. The van der Waals surface area contributed by atoms with Crippen molar-refractivity contribution in [3.8, 4) is 0 Å². The third-order valence-corrected chi connectivity index (χ3v) is 3.39. The molecule has 2 N–H and O–H groups in total. The Morgan fingerprint density at radius 1 is 1.47 bits per heavy atom. The number of nitrogens with one attached hydrogen (secondary N) is 2. The van der Waals surface area contributed by atoms with Gasteiger partial charge in [0, 0.05) is 26.2 Å². The molecule has 1 aliphatic rings. The Morgan fingerprint density at radius 3 is 2.94 bits per heavy atom. The molecule has 2 atom stereocenters. The van der Waals surface area contributed by atoms with Crippen LogP contribution in [0.4, 0.5) is 0 Å². The van der Waals surface area contributed by atoms with Crippen LogP contribution >= 0.6 is 27.5 Å². The van der Waals surface area contributed by atoms with Crippen LogP contribution in [0.3, 0.4) is 0 Å². The number of methoxy groups -OCH3 is 1. The highest BCUT2D eigenvalue weighted by atomic mass is 79.9. The fraction of sp³-hybridized carbons (Fsp3) is 0.545. The quantitative estimate of drug-likeness (QED) is 0.833. The molecule has 1 fully saturated rings. The Balaban J connectivity index is 2.22. The van der Waals surface area contributed by atoms with Crippen LogP contribution in [0.2, 0.25) is 5.15 Å². The maximum Gasteiger partial charge on any atom is 0.130 e. The van der Waals surface area contributed by atoms with Gasteiger partial charge in [0.25, 0.3) is 0 Å². The van der Waals surface area contributed by atoms with Crippen LogP contribution in [0.1, 0.15) is 11.6 Å². The fourth-order valence-electron chi connectivity index (χ4n) is 2.09. The minimum absolute atomic E-state index is 0.195. The number of halogens is 2. The van der Waals surface area contributed by atoms with Crippen LogP contribution in [0.25, 0.3) is 0 Å². The maximum atomic E-state index is 5.97. The van der Waals surface area contributed by atoms with Gasteiger partial charge < -0.3 is 15.4 Å². The Kier molecular flexibility index (Phi) is 4.76. The molecule has 0 bridgehead atoms. The Morgan fingerprint density at radius 2 is 2.24 bits per heavy atom. The van der Waals surface area contributed by atoms with Crippen LogP contribution in [0.5, 0.6) is 0 Å². The van der Waals surface area contributed by atoms with E-state index in [1.54, 1.807) is 7.11 Å². The molecule has 0 aliphatic carbocycles. The van der Waals surface area contributed by atoms with Crippen molar-refractivity contribution in [1.29, 1.82) is 0 Å². The number of ether oxygens (including phenoxy) is 1. The number of aromatic nitrogens is 1. The summed E-state index contributed by atoms with van der Waals surface area (Å²) in [5.74, 6) is 0. The first-order valence-electron chi connectivity index (χ1n) is 5.49. The summed E-state index contributed by atoms with van der Waals surface area (Å²) in [7, 11) is 1.71. The summed E-state index contributed by atoms with van der Waals surface area (Å²) in [6.45, 7) is 2.54. The lowest BCUT2D eigenvalue weighted by Gasteiger charge is -2.33. The molecule has 1 aliphatic heterocycles. The summed E-state index contributed by atoms with van der Waals surface area (Å²) in [6, 6.07) is 4.32. The monoisotopic (exact) mass is 319 g/mol. The Hall–Kier alpha value is -0.200. The van der Waals surface area contributed by atoms with Gasteiger partial charge in [-0.25, -0.2) is 4.98 Å². The lowest BCUT2D eigenvalue weighted by atomic mass is 9.99. The average molecular weight is 321 g/mol. The minimum atomic E-state index is 0.195. The molecule has 4 nitrogen and oxygen atoms in total. The molecule has 2 rings (SSSR count). The summed E-state index contributed by atoms with van der Waals surface area (Å²) in [5, 5.41) is 7.41. The second-order valence-electron chi connectivity index (χ2n) is 3.99. The molecule has 0 amide bonds. The molecule has 0 aromatic carbocycles. The molecule has 2 unspecified atom stereocenters. The Labute approximate surface area is 114 Å². The van der Waals surface area contributed by atoms with Gasteiger partial charge in [-0.15, -0.1) is 0 Å². The highest BCUT2D eigenvalue weighted by Gasteiger charge is 2.26. The van der Waals surface area contributed by atoms with E-state index in [0.717, 1.165) is 23.3 Å². The van der Waals surface area contributed by atoms with Crippen molar-refractivity contribution < 1.29 is 4.74 Å². The molecule has 94 valence electrons. The van der Waals surface area contributed by atoms with Crippen molar-refractivity contribution in [2.45, 2.75) is 12.1 Å². The van der Waals surface area contributed by atoms with Crippen LogP contribution in [-0.4, -0.2) is 37.8 Å². The van der Waals surface area contributed by atoms with Gasteiger partial charge in [-0.05, 0) is 33.6 Å². The molecule has 1 aromatic rings. The lowest BCUT2D eigenvalue weighted by molar-refractivity contribution is 0.138. The van der Waals surface area contributed by atoms with Crippen molar-refractivity contribution in [3.05, 3.63) is 27.5 Å². The van der Waals surface area contributed by atoms with Crippen molar-refractivity contribution >= 4 is 27.5 Å². The van der Waals surface area contributed by atoms with Crippen LogP contribution in [-0.2, 0) is 4.74 Å². The number of hydrogen-bond acceptors (Lipinski definition) is 4. The summed E-state index contributed by atoms with van der Waals surface area (Å²) in [4.78, 5) is 4.10. The smallest absolute Gasteiger partial charge is 0.130 e. The lowest BCUT2D eigenvalue weighted by Crippen LogP contribution is -2.52. The van der Waals surface area contributed by atoms with E-state index in [0.29, 0.717) is 11.8 Å². The summed E-state index contributed by atoms with van der Waals surface area (Å²) < 4.78 is 5.98.